The monoisotopic (exact) mass is 227 g/mol. The van der Waals surface area contributed by atoms with Gasteiger partial charge in [0.05, 0.1) is 5.88 Å². The summed E-state index contributed by atoms with van der Waals surface area (Å²) >= 11 is 11.3. The van der Waals surface area contributed by atoms with Gasteiger partial charge in [0.25, 0.3) is 0 Å². The third-order valence-corrected chi connectivity index (χ3v) is 2.51. The molecule has 0 saturated heterocycles. The maximum absolute atomic E-state index is 11.3. The first kappa shape index (κ1) is 13.0. The second kappa shape index (κ2) is 6.46. The summed E-state index contributed by atoms with van der Waals surface area (Å²) in [4.78, 5) is 10.3. The van der Waals surface area contributed by atoms with Crippen molar-refractivity contribution >= 4 is 29.1 Å². The molecule has 0 aliphatic rings. The fraction of sp³-hybridized carbons (Fsp3) is 0.875. The van der Waals surface area contributed by atoms with E-state index in [1.54, 1.807) is 14.0 Å². The lowest BCUT2D eigenvalue weighted by Gasteiger charge is -2.17. The van der Waals surface area contributed by atoms with E-state index in [9.17, 15) is 4.79 Å². The Bertz CT molecular complexity index is 162. The van der Waals surface area contributed by atoms with Crippen molar-refractivity contribution in [2.24, 2.45) is 0 Å². The fourth-order valence-corrected chi connectivity index (χ4v) is 0.852. The zero-order chi connectivity index (χ0) is 10.3. The molecule has 0 fully saturated rings. The molecule has 0 heterocycles. The Morgan fingerprint density at radius 2 is 2.23 bits per heavy atom. The number of ether oxygens (including phenoxy) is 1. The molecule has 1 N–H and O–H groups in total. The van der Waals surface area contributed by atoms with Crippen LogP contribution in [0.25, 0.3) is 0 Å². The Morgan fingerprint density at radius 1 is 1.62 bits per heavy atom. The molecule has 13 heavy (non-hydrogen) atoms. The lowest BCUT2D eigenvalue weighted by Crippen LogP contribution is -2.42. The van der Waals surface area contributed by atoms with Gasteiger partial charge in [-0.2, -0.15) is 0 Å². The largest absolute Gasteiger partial charge is 0.385 e. The molecule has 3 nitrogen and oxygen atoms in total. The third-order valence-electron chi connectivity index (χ3n) is 1.54. The SMILES string of the molecule is COCCCNC(=O)[C@](C)(Cl)CCl. The molecule has 0 aliphatic heterocycles. The highest BCUT2D eigenvalue weighted by molar-refractivity contribution is 6.39. The van der Waals surface area contributed by atoms with Crippen LogP contribution in [0.5, 0.6) is 0 Å². The quantitative estimate of drug-likeness (QED) is 0.550. The number of halogens is 2. The Kier molecular flexibility index (Phi) is 6.47. The van der Waals surface area contributed by atoms with Crippen LogP contribution in [0, 0.1) is 0 Å². The van der Waals surface area contributed by atoms with Crippen LogP contribution in [0.3, 0.4) is 0 Å². The van der Waals surface area contributed by atoms with Crippen LogP contribution in [0.2, 0.25) is 0 Å². The molecule has 0 aromatic rings. The first-order valence-electron chi connectivity index (χ1n) is 4.06. The van der Waals surface area contributed by atoms with E-state index in [4.69, 9.17) is 27.9 Å². The Hall–Kier alpha value is 0.01000. The number of carbonyl (C=O) groups excluding carboxylic acids is 1. The van der Waals surface area contributed by atoms with E-state index in [1.807, 2.05) is 0 Å². The van der Waals surface area contributed by atoms with Gasteiger partial charge in [-0.1, -0.05) is 0 Å². The highest BCUT2D eigenvalue weighted by Crippen LogP contribution is 2.15. The van der Waals surface area contributed by atoms with E-state index in [1.165, 1.54) is 0 Å². The summed E-state index contributed by atoms with van der Waals surface area (Å²) in [6, 6.07) is 0. The van der Waals surface area contributed by atoms with E-state index >= 15 is 0 Å². The number of methoxy groups -OCH3 is 1. The minimum Gasteiger partial charge on any atom is -0.385 e. The molecule has 0 aromatic heterocycles. The molecule has 0 spiro atoms. The maximum Gasteiger partial charge on any atom is 0.242 e. The van der Waals surface area contributed by atoms with Gasteiger partial charge in [0.1, 0.15) is 4.87 Å². The predicted octanol–water partition coefficient (Wildman–Crippen LogP) is 1.38. The summed E-state index contributed by atoms with van der Waals surface area (Å²) in [5.41, 5.74) is 0. The van der Waals surface area contributed by atoms with Crippen LogP contribution in [-0.2, 0) is 9.53 Å². The van der Waals surface area contributed by atoms with Gasteiger partial charge < -0.3 is 10.1 Å². The van der Waals surface area contributed by atoms with Gasteiger partial charge in [-0.15, -0.1) is 23.2 Å². The van der Waals surface area contributed by atoms with Crippen molar-refractivity contribution < 1.29 is 9.53 Å². The molecule has 0 bridgehead atoms. The molecule has 0 aliphatic carbocycles. The lowest BCUT2D eigenvalue weighted by atomic mass is 10.2. The van der Waals surface area contributed by atoms with Gasteiger partial charge in [-0.25, -0.2) is 0 Å². The minimum atomic E-state index is -1.01. The lowest BCUT2D eigenvalue weighted by molar-refractivity contribution is -0.122. The van der Waals surface area contributed by atoms with Crippen molar-refractivity contribution in [3.63, 3.8) is 0 Å². The number of rotatable bonds is 6. The molecule has 0 radical (unpaired) electrons. The second-order valence-corrected chi connectivity index (χ2v) is 4.03. The third kappa shape index (κ3) is 5.34. The van der Waals surface area contributed by atoms with Gasteiger partial charge in [0, 0.05) is 20.3 Å². The molecule has 1 atom stereocenters. The van der Waals surface area contributed by atoms with Crippen LogP contribution in [-0.4, -0.2) is 36.9 Å². The Balaban J connectivity index is 3.62. The van der Waals surface area contributed by atoms with Gasteiger partial charge >= 0.3 is 0 Å². The molecule has 0 saturated carbocycles. The van der Waals surface area contributed by atoms with Crippen molar-refractivity contribution in [3.8, 4) is 0 Å². The topological polar surface area (TPSA) is 38.3 Å². The van der Waals surface area contributed by atoms with E-state index in [-0.39, 0.29) is 11.8 Å². The van der Waals surface area contributed by atoms with Gasteiger partial charge in [0.2, 0.25) is 5.91 Å². The molecule has 78 valence electrons. The van der Waals surface area contributed by atoms with E-state index in [0.717, 1.165) is 6.42 Å². The van der Waals surface area contributed by atoms with Crippen molar-refractivity contribution in [1.29, 1.82) is 0 Å². The summed E-state index contributed by atoms with van der Waals surface area (Å²) in [5.74, 6) is -0.134. The highest BCUT2D eigenvalue weighted by Gasteiger charge is 2.28. The number of amides is 1. The van der Waals surface area contributed by atoms with Crippen molar-refractivity contribution in [2.75, 3.05) is 26.1 Å². The number of alkyl halides is 2. The van der Waals surface area contributed by atoms with E-state index < -0.39 is 4.87 Å². The summed E-state index contributed by atoms with van der Waals surface area (Å²) < 4.78 is 4.83. The standard InChI is InChI=1S/C8H15Cl2NO2/c1-8(10,6-9)7(12)11-4-3-5-13-2/h3-6H2,1-2H3,(H,11,12)/t8-/m1/s1. The van der Waals surface area contributed by atoms with Crippen LogP contribution in [0.1, 0.15) is 13.3 Å². The van der Waals surface area contributed by atoms with Gasteiger partial charge in [0.15, 0.2) is 0 Å². The number of carbonyl (C=O) groups is 1. The predicted molar refractivity (Wildman–Crippen MR) is 54.5 cm³/mol. The number of hydrogen-bond acceptors (Lipinski definition) is 2. The summed E-state index contributed by atoms with van der Waals surface area (Å²) in [5, 5.41) is 2.67. The van der Waals surface area contributed by atoms with Crippen molar-refractivity contribution in [1.82, 2.24) is 5.32 Å². The molecule has 0 rings (SSSR count). The average molecular weight is 228 g/mol. The van der Waals surface area contributed by atoms with Gasteiger partial charge in [-0.3, -0.25) is 4.79 Å². The molecule has 0 aromatic carbocycles. The molecule has 0 unspecified atom stereocenters. The normalized spacial score (nSPS) is 15.1. The van der Waals surface area contributed by atoms with Crippen LogP contribution < -0.4 is 5.32 Å². The maximum atomic E-state index is 11.3. The van der Waals surface area contributed by atoms with Crippen LogP contribution in [0.4, 0.5) is 0 Å². The fourth-order valence-electron chi connectivity index (χ4n) is 0.663. The second-order valence-electron chi connectivity index (χ2n) is 2.93. The smallest absolute Gasteiger partial charge is 0.242 e. The number of nitrogens with one attached hydrogen (secondary N) is 1. The molecule has 1 amide bonds. The Morgan fingerprint density at radius 3 is 2.69 bits per heavy atom. The van der Waals surface area contributed by atoms with E-state index in [0.29, 0.717) is 13.2 Å². The van der Waals surface area contributed by atoms with Crippen LogP contribution in [0.15, 0.2) is 0 Å². The summed E-state index contributed by atoms with van der Waals surface area (Å²) in [6.45, 7) is 2.78. The molecule has 5 heteroatoms. The minimum absolute atomic E-state index is 0.102. The van der Waals surface area contributed by atoms with E-state index in [2.05, 4.69) is 5.32 Å². The average Bonchev–Trinajstić information content (AvgIpc) is 2.12. The zero-order valence-corrected chi connectivity index (χ0v) is 9.41. The molecular formula is C8H15Cl2NO2. The summed E-state index contributed by atoms with van der Waals surface area (Å²) in [6.07, 6.45) is 0.775. The summed E-state index contributed by atoms with van der Waals surface area (Å²) in [7, 11) is 1.62. The number of hydrogen-bond donors (Lipinski definition) is 1. The van der Waals surface area contributed by atoms with Crippen molar-refractivity contribution in [2.45, 2.75) is 18.2 Å². The Labute approximate surface area is 88.7 Å². The van der Waals surface area contributed by atoms with Gasteiger partial charge in [-0.05, 0) is 13.3 Å². The zero-order valence-electron chi connectivity index (χ0n) is 7.90. The first-order chi connectivity index (χ1) is 6.04. The first-order valence-corrected chi connectivity index (χ1v) is 4.98. The highest BCUT2D eigenvalue weighted by atomic mass is 35.5. The molecular weight excluding hydrogens is 213 g/mol. The van der Waals surface area contributed by atoms with Crippen molar-refractivity contribution in [3.05, 3.63) is 0 Å². The van der Waals surface area contributed by atoms with Crippen LogP contribution >= 0.6 is 23.2 Å².